The van der Waals surface area contributed by atoms with Crippen molar-refractivity contribution in [3.63, 3.8) is 0 Å². The minimum absolute atomic E-state index is 0.0141. The van der Waals surface area contributed by atoms with Crippen LogP contribution in [0.25, 0.3) is 0 Å². The molecule has 1 aliphatic rings. The van der Waals surface area contributed by atoms with E-state index in [4.69, 9.17) is 5.11 Å². The van der Waals surface area contributed by atoms with Gasteiger partial charge >= 0.3 is 5.97 Å². The Morgan fingerprint density at radius 2 is 1.88 bits per heavy atom. The summed E-state index contributed by atoms with van der Waals surface area (Å²) in [6.07, 6.45) is 2.76. The van der Waals surface area contributed by atoms with Crippen LogP contribution in [0.4, 0.5) is 0 Å². The molecule has 0 aliphatic heterocycles. The van der Waals surface area contributed by atoms with Crippen molar-refractivity contribution in [1.29, 1.82) is 0 Å². The number of carboxylic acids is 1. The lowest BCUT2D eigenvalue weighted by Gasteiger charge is -2.16. The largest absolute Gasteiger partial charge is 0.481 e. The van der Waals surface area contributed by atoms with Gasteiger partial charge < -0.3 is 5.11 Å². The van der Waals surface area contributed by atoms with Gasteiger partial charge in [-0.05, 0) is 18.8 Å². The van der Waals surface area contributed by atoms with Crippen LogP contribution in [-0.4, -0.2) is 16.9 Å². The Kier molecular flexibility index (Phi) is 3.57. The third-order valence-corrected chi connectivity index (χ3v) is 3.49. The number of Topliss-reactive ketones (excluding diaryl/α,β-unsaturated/α-hetero) is 1. The van der Waals surface area contributed by atoms with Crippen LogP contribution >= 0.6 is 0 Å². The Labute approximate surface area is 100 Å². The Balaban J connectivity index is 2.11. The zero-order chi connectivity index (χ0) is 12.3. The molecule has 3 nitrogen and oxygen atoms in total. The topological polar surface area (TPSA) is 54.4 Å². The van der Waals surface area contributed by atoms with Gasteiger partial charge in [0.05, 0.1) is 0 Å². The van der Waals surface area contributed by atoms with Crippen LogP contribution in [0.3, 0.4) is 0 Å². The zero-order valence-corrected chi connectivity index (χ0v) is 9.63. The van der Waals surface area contributed by atoms with Gasteiger partial charge in [-0.2, -0.15) is 0 Å². The van der Waals surface area contributed by atoms with E-state index in [-0.39, 0.29) is 24.0 Å². The first-order chi connectivity index (χ1) is 8.18. The molecule has 0 unspecified atom stereocenters. The van der Waals surface area contributed by atoms with Gasteiger partial charge in [0.15, 0.2) is 5.78 Å². The molecule has 1 aliphatic carbocycles. The molecule has 2 atom stereocenters. The first kappa shape index (κ1) is 11.8. The molecule has 3 heteroatoms. The quantitative estimate of drug-likeness (QED) is 0.812. The maximum absolute atomic E-state index is 12.2. The summed E-state index contributed by atoms with van der Waals surface area (Å²) in [6, 6.07) is 9.17. The van der Waals surface area contributed by atoms with Crippen molar-refractivity contribution in [2.45, 2.75) is 25.7 Å². The van der Waals surface area contributed by atoms with E-state index in [9.17, 15) is 9.59 Å². The number of hydrogen-bond donors (Lipinski definition) is 1. The highest BCUT2D eigenvalue weighted by Crippen LogP contribution is 2.36. The van der Waals surface area contributed by atoms with E-state index in [1.54, 1.807) is 12.1 Å². The molecule has 2 rings (SSSR count). The Morgan fingerprint density at radius 3 is 2.53 bits per heavy atom. The maximum Gasteiger partial charge on any atom is 0.303 e. The van der Waals surface area contributed by atoms with Crippen LogP contribution < -0.4 is 0 Å². The lowest BCUT2D eigenvalue weighted by Crippen LogP contribution is -2.21. The second-order valence-electron chi connectivity index (χ2n) is 4.63. The number of aliphatic carboxylic acids is 1. The molecule has 1 fully saturated rings. The van der Waals surface area contributed by atoms with Crippen molar-refractivity contribution >= 4 is 11.8 Å². The van der Waals surface area contributed by atoms with Gasteiger partial charge in [-0.15, -0.1) is 0 Å². The minimum Gasteiger partial charge on any atom is -0.481 e. The number of rotatable bonds is 4. The molecule has 1 aromatic carbocycles. The number of carbonyl (C=O) groups excluding carboxylic acids is 1. The van der Waals surface area contributed by atoms with Crippen LogP contribution in [0.5, 0.6) is 0 Å². The summed E-state index contributed by atoms with van der Waals surface area (Å²) >= 11 is 0. The Morgan fingerprint density at radius 1 is 1.18 bits per heavy atom. The molecule has 0 bridgehead atoms. The van der Waals surface area contributed by atoms with Crippen molar-refractivity contribution in [3.8, 4) is 0 Å². The fourth-order valence-corrected chi connectivity index (χ4v) is 2.67. The van der Waals surface area contributed by atoms with Crippen molar-refractivity contribution in [2.24, 2.45) is 11.8 Å². The van der Waals surface area contributed by atoms with Gasteiger partial charge in [-0.25, -0.2) is 0 Å². The molecule has 0 radical (unpaired) electrons. The Hall–Kier alpha value is -1.64. The van der Waals surface area contributed by atoms with Crippen LogP contribution in [0.15, 0.2) is 30.3 Å². The maximum atomic E-state index is 12.2. The number of ketones is 1. The molecule has 17 heavy (non-hydrogen) atoms. The highest BCUT2D eigenvalue weighted by molar-refractivity contribution is 5.98. The fraction of sp³-hybridized carbons (Fsp3) is 0.429. The number of carbonyl (C=O) groups is 2. The van der Waals surface area contributed by atoms with E-state index >= 15 is 0 Å². The SMILES string of the molecule is O=C(O)C[C@@H]1CCC[C@H]1C(=O)c1ccccc1. The molecule has 0 aromatic heterocycles. The molecule has 1 N–H and O–H groups in total. The highest BCUT2D eigenvalue weighted by Gasteiger charge is 2.34. The van der Waals surface area contributed by atoms with Gasteiger partial charge in [-0.3, -0.25) is 9.59 Å². The molecule has 0 amide bonds. The van der Waals surface area contributed by atoms with Crippen LogP contribution in [0.2, 0.25) is 0 Å². The Bertz CT molecular complexity index is 411. The van der Waals surface area contributed by atoms with Gasteiger partial charge in [0.25, 0.3) is 0 Å². The third-order valence-electron chi connectivity index (χ3n) is 3.49. The van der Waals surface area contributed by atoms with Gasteiger partial charge in [0, 0.05) is 17.9 Å². The summed E-state index contributed by atoms with van der Waals surface area (Å²) in [5.74, 6) is -0.786. The molecule has 0 spiro atoms. The predicted molar refractivity (Wildman–Crippen MR) is 63.9 cm³/mol. The average molecular weight is 232 g/mol. The molecule has 0 saturated heterocycles. The van der Waals surface area contributed by atoms with E-state index < -0.39 is 5.97 Å². The van der Waals surface area contributed by atoms with E-state index in [1.165, 1.54) is 0 Å². The van der Waals surface area contributed by atoms with E-state index in [0.717, 1.165) is 19.3 Å². The molecular formula is C14H16O3. The normalized spacial score (nSPS) is 23.5. The summed E-state index contributed by atoms with van der Waals surface area (Å²) in [5.41, 5.74) is 0.704. The van der Waals surface area contributed by atoms with Crippen molar-refractivity contribution < 1.29 is 14.7 Å². The van der Waals surface area contributed by atoms with Crippen molar-refractivity contribution in [1.82, 2.24) is 0 Å². The molecule has 0 heterocycles. The van der Waals surface area contributed by atoms with E-state index in [1.807, 2.05) is 18.2 Å². The van der Waals surface area contributed by atoms with Crippen LogP contribution in [0, 0.1) is 11.8 Å². The molecule has 90 valence electrons. The first-order valence-electron chi connectivity index (χ1n) is 5.99. The molecule has 1 aromatic rings. The second kappa shape index (κ2) is 5.13. The average Bonchev–Trinajstić information content (AvgIpc) is 2.76. The fourth-order valence-electron chi connectivity index (χ4n) is 2.67. The van der Waals surface area contributed by atoms with Crippen molar-refractivity contribution in [3.05, 3.63) is 35.9 Å². The van der Waals surface area contributed by atoms with E-state index in [2.05, 4.69) is 0 Å². The lowest BCUT2D eigenvalue weighted by atomic mass is 9.86. The summed E-state index contributed by atoms with van der Waals surface area (Å²) in [7, 11) is 0. The smallest absolute Gasteiger partial charge is 0.303 e. The molecular weight excluding hydrogens is 216 g/mol. The summed E-state index contributed by atoms with van der Waals surface area (Å²) in [5, 5.41) is 8.83. The highest BCUT2D eigenvalue weighted by atomic mass is 16.4. The number of benzene rings is 1. The van der Waals surface area contributed by atoms with Crippen LogP contribution in [0.1, 0.15) is 36.0 Å². The summed E-state index contributed by atoms with van der Waals surface area (Å²) in [6.45, 7) is 0. The van der Waals surface area contributed by atoms with Crippen molar-refractivity contribution in [2.75, 3.05) is 0 Å². The summed E-state index contributed by atoms with van der Waals surface area (Å²) < 4.78 is 0. The van der Waals surface area contributed by atoms with E-state index in [0.29, 0.717) is 5.56 Å². The number of hydrogen-bond acceptors (Lipinski definition) is 2. The number of carboxylic acid groups (broad SMARTS) is 1. The minimum atomic E-state index is -0.803. The van der Waals surface area contributed by atoms with Gasteiger partial charge in [-0.1, -0.05) is 36.8 Å². The summed E-state index contributed by atoms with van der Waals surface area (Å²) in [4.78, 5) is 23.0. The third kappa shape index (κ3) is 2.73. The van der Waals surface area contributed by atoms with Gasteiger partial charge in [0.2, 0.25) is 0 Å². The molecule has 1 saturated carbocycles. The first-order valence-corrected chi connectivity index (χ1v) is 5.99. The predicted octanol–water partition coefficient (Wildman–Crippen LogP) is 2.76. The van der Waals surface area contributed by atoms with Crippen LogP contribution in [-0.2, 0) is 4.79 Å². The lowest BCUT2D eigenvalue weighted by molar-refractivity contribution is -0.138. The second-order valence-corrected chi connectivity index (χ2v) is 4.63. The van der Waals surface area contributed by atoms with Gasteiger partial charge in [0.1, 0.15) is 0 Å². The monoisotopic (exact) mass is 232 g/mol. The zero-order valence-electron chi connectivity index (χ0n) is 9.63. The standard InChI is InChI=1S/C14H16O3/c15-13(16)9-11-7-4-8-12(11)14(17)10-5-2-1-3-6-10/h1-3,5-6,11-12H,4,7-9H2,(H,15,16)/t11-,12+/m0/s1.